The molecule has 21 heavy (non-hydrogen) atoms. The van der Waals surface area contributed by atoms with Crippen LogP contribution in [0.5, 0.6) is 5.75 Å². The van der Waals surface area contributed by atoms with Gasteiger partial charge in [0.05, 0.1) is 18.1 Å². The highest BCUT2D eigenvalue weighted by Crippen LogP contribution is 2.12. The van der Waals surface area contributed by atoms with Crippen molar-refractivity contribution in [1.82, 2.24) is 15.8 Å². The third-order valence-electron chi connectivity index (χ3n) is 2.36. The van der Waals surface area contributed by atoms with Gasteiger partial charge in [-0.1, -0.05) is 18.2 Å². The van der Waals surface area contributed by atoms with Crippen molar-refractivity contribution < 1.29 is 9.90 Å². The summed E-state index contributed by atoms with van der Waals surface area (Å²) in [7, 11) is 0. The van der Waals surface area contributed by atoms with Crippen LogP contribution in [0, 0.1) is 0 Å². The number of phenolic OH excluding ortho intramolecular Hbond substituents is 1. The Bertz CT molecular complexity index is 655. The van der Waals surface area contributed by atoms with Gasteiger partial charge in [-0.2, -0.15) is 10.2 Å². The summed E-state index contributed by atoms with van der Waals surface area (Å²) in [6, 6.07) is 11.4. The van der Waals surface area contributed by atoms with E-state index in [0.29, 0.717) is 11.3 Å². The van der Waals surface area contributed by atoms with Gasteiger partial charge in [0.15, 0.2) is 0 Å². The topological polar surface area (TPSA) is 99.0 Å². The average Bonchev–Trinajstić information content (AvgIpc) is 2.50. The van der Waals surface area contributed by atoms with Gasteiger partial charge in [0, 0.05) is 11.8 Å². The summed E-state index contributed by atoms with van der Waals surface area (Å²) >= 11 is 0. The van der Waals surface area contributed by atoms with E-state index < -0.39 is 6.03 Å². The number of benzene rings is 1. The molecule has 2 amide bonds. The third kappa shape index (κ3) is 4.75. The van der Waals surface area contributed by atoms with E-state index in [-0.39, 0.29) is 5.75 Å². The zero-order valence-corrected chi connectivity index (χ0v) is 11.0. The van der Waals surface area contributed by atoms with Crippen LogP contribution in [0.3, 0.4) is 0 Å². The molecule has 7 heteroatoms. The van der Waals surface area contributed by atoms with E-state index in [2.05, 4.69) is 26.0 Å². The Balaban J connectivity index is 1.80. The molecule has 0 fully saturated rings. The molecule has 0 bridgehead atoms. The van der Waals surface area contributed by atoms with Crippen molar-refractivity contribution in [2.75, 3.05) is 0 Å². The number of rotatable bonds is 4. The molecular weight excluding hydrogens is 270 g/mol. The summed E-state index contributed by atoms with van der Waals surface area (Å²) in [5, 5.41) is 16.9. The number of carbonyl (C=O) groups is 1. The second kappa shape index (κ2) is 7.39. The minimum Gasteiger partial charge on any atom is -0.507 e. The van der Waals surface area contributed by atoms with Gasteiger partial charge in [0.25, 0.3) is 0 Å². The maximum absolute atomic E-state index is 11.4. The molecule has 0 spiro atoms. The molecule has 3 N–H and O–H groups in total. The molecule has 2 rings (SSSR count). The highest BCUT2D eigenvalue weighted by molar-refractivity contribution is 5.85. The molecule has 0 aliphatic heterocycles. The van der Waals surface area contributed by atoms with Crippen molar-refractivity contribution in [2.24, 2.45) is 10.2 Å². The first kappa shape index (κ1) is 14.2. The molecule has 106 valence electrons. The SMILES string of the molecule is O=C(N/N=C/c1ccccn1)N/N=C/c1ccccc1O. The zero-order chi connectivity index (χ0) is 14.9. The van der Waals surface area contributed by atoms with Gasteiger partial charge in [-0.25, -0.2) is 15.6 Å². The normalized spacial score (nSPS) is 10.9. The molecule has 0 aliphatic rings. The Labute approximate surface area is 121 Å². The lowest BCUT2D eigenvalue weighted by atomic mass is 10.2. The summed E-state index contributed by atoms with van der Waals surface area (Å²) in [5.41, 5.74) is 5.57. The van der Waals surface area contributed by atoms with E-state index in [0.717, 1.165) is 0 Å². The Kier molecular flexibility index (Phi) is 4.99. The predicted octanol–water partition coefficient (Wildman–Crippen LogP) is 1.45. The summed E-state index contributed by atoms with van der Waals surface area (Å²) in [6.07, 6.45) is 4.36. The number of phenols is 1. The maximum Gasteiger partial charge on any atom is 0.355 e. The van der Waals surface area contributed by atoms with Crippen LogP contribution in [-0.4, -0.2) is 28.6 Å². The fourth-order valence-electron chi connectivity index (χ4n) is 1.39. The number of pyridine rings is 1. The van der Waals surface area contributed by atoms with Gasteiger partial charge in [-0.3, -0.25) is 4.98 Å². The highest BCUT2D eigenvalue weighted by Gasteiger charge is 1.97. The number of para-hydroxylation sites is 1. The Morgan fingerprint density at radius 1 is 1.05 bits per heavy atom. The number of carbonyl (C=O) groups excluding carboxylic acids is 1. The minimum absolute atomic E-state index is 0.0802. The molecule has 0 aliphatic carbocycles. The summed E-state index contributed by atoms with van der Waals surface area (Å²) in [5.74, 6) is 0.0802. The number of hydrogen-bond acceptors (Lipinski definition) is 5. The standard InChI is InChI=1S/C14H13N5O2/c20-13-7-2-1-5-11(13)9-16-18-14(21)19-17-10-12-6-3-4-8-15-12/h1-10,20H,(H2,18,19,21)/b16-9+,17-10+. The lowest BCUT2D eigenvalue weighted by Gasteiger charge is -1.99. The molecular formula is C14H13N5O2. The largest absolute Gasteiger partial charge is 0.507 e. The number of hydrazone groups is 2. The fraction of sp³-hybridized carbons (Fsp3) is 0. The van der Waals surface area contributed by atoms with E-state index in [1.165, 1.54) is 18.5 Å². The number of aromatic hydroxyl groups is 1. The first-order valence-corrected chi connectivity index (χ1v) is 6.07. The van der Waals surface area contributed by atoms with E-state index >= 15 is 0 Å². The number of amides is 2. The molecule has 7 nitrogen and oxygen atoms in total. The summed E-state index contributed by atoms with van der Waals surface area (Å²) in [6.45, 7) is 0. The van der Waals surface area contributed by atoms with Gasteiger partial charge in [0.2, 0.25) is 0 Å². The van der Waals surface area contributed by atoms with Crippen LogP contribution < -0.4 is 10.9 Å². The number of hydrogen-bond donors (Lipinski definition) is 3. The van der Waals surface area contributed by atoms with E-state index in [1.54, 1.807) is 36.5 Å². The van der Waals surface area contributed by atoms with Crippen molar-refractivity contribution in [2.45, 2.75) is 0 Å². The van der Waals surface area contributed by atoms with Gasteiger partial charge < -0.3 is 5.11 Å². The number of nitrogens with one attached hydrogen (secondary N) is 2. The number of nitrogens with zero attached hydrogens (tertiary/aromatic N) is 3. The Morgan fingerprint density at radius 3 is 2.48 bits per heavy atom. The molecule has 1 aromatic heterocycles. The number of urea groups is 1. The molecule has 1 heterocycles. The maximum atomic E-state index is 11.4. The minimum atomic E-state index is -0.603. The van der Waals surface area contributed by atoms with E-state index in [1.807, 2.05) is 6.07 Å². The van der Waals surface area contributed by atoms with Crippen molar-refractivity contribution in [3.8, 4) is 5.75 Å². The second-order valence-corrected chi connectivity index (χ2v) is 3.88. The highest BCUT2D eigenvalue weighted by atomic mass is 16.3. The molecule has 0 atom stereocenters. The van der Waals surface area contributed by atoms with Crippen molar-refractivity contribution >= 4 is 18.5 Å². The van der Waals surface area contributed by atoms with Gasteiger partial charge in [-0.15, -0.1) is 0 Å². The van der Waals surface area contributed by atoms with Crippen LogP contribution >= 0.6 is 0 Å². The third-order valence-corrected chi connectivity index (χ3v) is 2.36. The van der Waals surface area contributed by atoms with Crippen LogP contribution in [0.2, 0.25) is 0 Å². The molecule has 0 radical (unpaired) electrons. The molecule has 0 saturated heterocycles. The van der Waals surface area contributed by atoms with Gasteiger partial charge >= 0.3 is 6.03 Å². The summed E-state index contributed by atoms with van der Waals surface area (Å²) < 4.78 is 0. The van der Waals surface area contributed by atoms with Crippen molar-refractivity contribution in [3.05, 3.63) is 59.9 Å². The van der Waals surface area contributed by atoms with E-state index in [4.69, 9.17) is 0 Å². The van der Waals surface area contributed by atoms with Crippen molar-refractivity contribution in [1.29, 1.82) is 0 Å². The molecule has 0 unspecified atom stereocenters. The van der Waals surface area contributed by atoms with E-state index in [9.17, 15) is 9.90 Å². The first-order valence-electron chi connectivity index (χ1n) is 6.07. The first-order chi connectivity index (χ1) is 10.3. The Morgan fingerprint density at radius 2 is 1.76 bits per heavy atom. The van der Waals surface area contributed by atoms with Crippen LogP contribution in [0.1, 0.15) is 11.3 Å². The van der Waals surface area contributed by atoms with Gasteiger partial charge in [-0.05, 0) is 24.3 Å². The average molecular weight is 283 g/mol. The van der Waals surface area contributed by atoms with Crippen molar-refractivity contribution in [3.63, 3.8) is 0 Å². The molecule has 1 aromatic carbocycles. The molecule has 2 aromatic rings. The molecule has 0 saturated carbocycles. The predicted molar refractivity (Wildman–Crippen MR) is 79.2 cm³/mol. The van der Waals surface area contributed by atoms with Gasteiger partial charge in [0.1, 0.15) is 5.75 Å². The number of aromatic nitrogens is 1. The summed E-state index contributed by atoms with van der Waals surface area (Å²) in [4.78, 5) is 15.4. The van der Waals surface area contributed by atoms with Crippen LogP contribution in [0.15, 0.2) is 58.9 Å². The van der Waals surface area contributed by atoms with Crippen LogP contribution in [-0.2, 0) is 0 Å². The quantitative estimate of drug-likeness (QED) is 0.585. The monoisotopic (exact) mass is 283 g/mol. The Hall–Kier alpha value is -3.22. The lowest BCUT2D eigenvalue weighted by molar-refractivity contribution is 0.242. The zero-order valence-electron chi connectivity index (χ0n) is 11.0. The van der Waals surface area contributed by atoms with Crippen LogP contribution in [0.4, 0.5) is 4.79 Å². The van der Waals surface area contributed by atoms with Crippen LogP contribution in [0.25, 0.3) is 0 Å². The fourth-order valence-corrected chi connectivity index (χ4v) is 1.39. The smallest absolute Gasteiger partial charge is 0.355 e. The second-order valence-electron chi connectivity index (χ2n) is 3.88. The lowest BCUT2D eigenvalue weighted by Crippen LogP contribution is -2.28.